The van der Waals surface area contributed by atoms with Gasteiger partial charge in [0.25, 0.3) is 0 Å². The minimum absolute atomic E-state index is 0.297. The Kier molecular flexibility index (Phi) is 6.71. The van der Waals surface area contributed by atoms with Crippen LogP contribution in [0.3, 0.4) is 0 Å². The smallest absolute Gasteiger partial charge is 0.220 e. The van der Waals surface area contributed by atoms with E-state index in [0.717, 1.165) is 34.9 Å². The summed E-state index contributed by atoms with van der Waals surface area (Å²) in [5.74, 6) is 1.80. The molecule has 1 aromatic rings. The number of hydrogen-bond donors (Lipinski definition) is 0. The third-order valence-corrected chi connectivity index (χ3v) is 9.25. The Morgan fingerprint density at radius 1 is 0.963 bits per heavy atom. The fourth-order valence-corrected chi connectivity index (χ4v) is 7.76. The highest BCUT2D eigenvalue weighted by molar-refractivity contribution is 7.54. The molecule has 3 aliphatic rings. The minimum atomic E-state index is -0.429. The standard InChI is InChI=1S/C23H34NO2P/c1-2-18-17-25-23(24-18)21-15-9-10-16-22(21)26-27(19-11-5-3-6-12-19)20-13-7-4-8-14-20/h9-10,15-16,18-20H,2-8,11-14,17H2,1H3. The lowest BCUT2D eigenvalue weighted by Crippen LogP contribution is -2.23. The highest BCUT2D eigenvalue weighted by Crippen LogP contribution is 2.56. The van der Waals surface area contributed by atoms with Crippen molar-refractivity contribution in [2.75, 3.05) is 6.61 Å². The lowest BCUT2D eigenvalue weighted by atomic mass is 10.00. The second-order valence-electron chi connectivity index (χ2n) is 8.34. The summed E-state index contributed by atoms with van der Waals surface area (Å²) in [6, 6.07) is 8.74. The first-order valence-electron chi connectivity index (χ1n) is 11.1. The Morgan fingerprint density at radius 2 is 1.59 bits per heavy atom. The second kappa shape index (κ2) is 9.41. The fourth-order valence-electron chi connectivity index (χ4n) is 4.73. The molecule has 3 nitrogen and oxygen atoms in total. The molecule has 0 amide bonds. The second-order valence-corrected chi connectivity index (χ2v) is 10.7. The van der Waals surface area contributed by atoms with Crippen molar-refractivity contribution in [3.8, 4) is 5.75 Å². The maximum absolute atomic E-state index is 6.91. The molecule has 1 aliphatic heterocycles. The van der Waals surface area contributed by atoms with E-state index in [1.54, 1.807) is 0 Å². The lowest BCUT2D eigenvalue weighted by Gasteiger charge is -2.37. The number of nitrogens with zero attached hydrogens (tertiary/aromatic N) is 1. The Hall–Kier alpha value is -1.08. The molecular formula is C23H34NO2P. The maximum Gasteiger partial charge on any atom is 0.220 e. The van der Waals surface area contributed by atoms with Crippen LogP contribution < -0.4 is 4.52 Å². The number of benzene rings is 1. The first kappa shape index (κ1) is 19.2. The van der Waals surface area contributed by atoms with Crippen LogP contribution in [0, 0.1) is 0 Å². The van der Waals surface area contributed by atoms with Gasteiger partial charge in [0.05, 0.1) is 19.8 Å². The molecule has 0 saturated heterocycles. The van der Waals surface area contributed by atoms with Gasteiger partial charge in [-0.1, -0.05) is 57.6 Å². The molecule has 27 heavy (non-hydrogen) atoms. The van der Waals surface area contributed by atoms with Crippen LogP contribution in [-0.4, -0.2) is 29.9 Å². The molecule has 2 saturated carbocycles. The van der Waals surface area contributed by atoms with E-state index in [0.29, 0.717) is 12.6 Å². The summed E-state index contributed by atoms with van der Waals surface area (Å²) in [7, 11) is -0.429. The molecule has 4 rings (SSSR count). The number of ether oxygens (including phenoxy) is 1. The average molecular weight is 388 g/mol. The van der Waals surface area contributed by atoms with Crippen molar-refractivity contribution in [3.05, 3.63) is 29.8 Å². The maximum atomic E-state index is 6.91. The van der Waals surface area contributed by atoms with Crippen molar-refractivity contribution in [1.82, 2.24) is 0 Å². The van der Waals surface area contributed by atoms with E-state index in [-0.39, 0.29) is 0 Å². The zero-order valence-corrected chi connectivity index (χ0v) is 17.6. The average Bonchev–Trinajstić information content (AvgIpc) is 3.23. The lowest BCUT2D eigenvalue weighted by molar-refractivity contribution is 0.314. The van der Waals surface area contributed by atoms with Crippen LogP contribution in [0.15, 0.2) is 29.3 Å². The molecule has 148 valence electrons. The van der Waals surface area contributed by atoms with Gasteiger partial charge in [0.1, 0.15) is 12.4 Å². The summed E-state index contributed by atoms with van der Waals surface area (Å²) in [6.45, 7) is 2.88. The van der Waals surface area contributed by atoms with E-state index < -0.39 is 8.15 Å². The molecule has 0 bridgehead atoms. The summed E-state index contributed by atoms with van der Waals surface area (Å²) < 4.78 is 12.8. The van der Waals surface area contributed by atoms with Crippen LogP contribution in [0.1, 0.15) is 83.1 Å². The van der Waals surface area contributed by atoms with Crippen LogP contribution in [0.4, 0.5) is 0 Å². The fraction of sp³-hybridized carbons (Fsp3) is 0.696. The quantitative estimate of drug-likeness (QED) is 0.510. The Labute approximate surface area is 165 Å². The van der Waals surface area contributed by atoms with Crippen molar-refractivity contribution in [1.29, 1.82) is 0 Å². The minimum Gasteiger partial charge on any atom is -0.475 e. The normalized spacial score (nSPS) is 24.7. The number of para-hydroxylation sites is 1. The van der Waals surface area contributed by atoms with E-state index in [4.69, 9.17) is 14.3 Å². The number of rotatable bonds is 6. The summed E-state index contributed by atoms with van der Waals surface area (Å²) in [5.41, 5.74) is 2.62. The van der Waals surface area contributed by atoms with Gasteiger partial charge in [-0.25, -0.2) is 4.99 Å². The predicted octanol–water partition coefficient (Wildman–Crippen LogP) is 6.68. The Balaban J connectivity index is 1.57. The molecule has 4 heteroatoms. The van der Waals surface area contributed by atoms with Crippen molar-refractivity contribution in [2.45, 2.75) is 94.9 Å². The largest absolute Gasteiger partial charge is 0.475 e. The zero-order chi connectivity index (χ0) is 18.5. The van der Waals surface area contributed by atoms with Gasteiger partial charge in [0.2, 0.25) is 5.90 Å². The molecular weight excluding hydrogens is 353 g/mol. The van der Waals surface area contributed by atoms with Crippen molar-refractivity contribution in [2.24, 2.45) is 4.99 Å². The van der Waals surface area contributed by atoms with Crippen LogP contribution in [0.5, 0.6) is 5.75 Å². The molecule has 1 unspecified atom stereocenters. The molecule has 1 aromatic carbocycles. The third-order valence-electron chi connectivity index (χ3n) is 6.37. The van der Waals surface area contributed by atoms with Gasteiger partial charge in [-0.15, -0.1) is 0 Å². The van der Waals surface area contributed by atoms with E-state index in [1.165, 1.54) is 64.2 Å². The van der Waals surface area contributed by atoms with Gasteiger partial charge in [-0.3, -0.25) is 0 Å². The first-order valence-corrected chi connectivity index (χ1v) is 12.5. The van der Waals surface area contributed by atoms with E-state index in [2.05, 4.69) is 31.2 Å². The van der Waals surface area contributed by atoms with Crippen LogP contribution in [-0.2, 0) is 4.74 Å². The molecule has 0 aromatic heterocycles. The monoisotopic (exact) mass is 387 g/mol. The molecule has 0 spiro atoms. The topological polar surface area (TPSA) is 30.8 Å². The molecule has 1 atom stereocenters. The Bertz CT molecular complexity index is 617. The SMILES string of the molecule is CCC1COC(c2ccccc2OP(C2CCCCC2)C2CCCCC2)=N1. The highest BCUT2D eigenvalue weighted by Gasteiger charge is 2.34. The van der Waals surface area contributed by atoms with Gasteiger partial charge in [0, 0.05) is 11.3 Å². The molecule has 2 aliphatic carbocycles. The van der Waals surface area contributed by atoms with Crippen molar-refractivity contribution >= 4 is 14.0 Å². The third kappa shape index (κ3) is 4.67. The zero-order valence-electron chi connectivity index (χ0n) is 16.7. The van der Waals surface area contributed by atoms with Gasteiger partial charge < -0.3 is 9.26 Å². The van der Waals surface area contributed by atoms with E-state index in [9.17, 15) is 0 Å². The van der Waals surface area contributed by atoms with E-state index >= 15 is 0 Å². The molecule has 0 N–H and O–H groups in total. The molecule has 2 fully saturated rings. The van der Waals surface area contributed by atoms with Crippen LogP contribution >= 0.6 is 8.15 Å². The predicted molar refractivity (Wildman–Crippen MR) is 114 cm³/mol. The van der Waals surface area contributed by atoms with Gasteiger partial charge in [-0.05, 0) is 44.2 Å². The van der Waals surface area contributed by atoms with Crippen LogP contribution in [0.25, 0.3) is 0 Å². The first-order chi connectivity index (χ1) is 13.3. The number of hydrogen-bond acceptors (Lipinski definition) is 3. The van der Waals surface area contributed by atoms with E-state index in [1.807, 2.05) is 0 Å². The summed E-state index contributed by atoms with van der Waals surface area (Å²) in [6.07, 6.45) is 14.8. The van der Waals surface area contributed by atoms with Crippen molar-refractivity contribution in [3.63, 3.8) is 0 Å². The number of aliphatic imine (C=N–C) groups is 1. The van der Waals surface area contributed by atoms with Gasteiger partial charge in [0.15, 0.2) is 0 Å². The summed E-state index contributed by atoms with van der Waals surface area (Å²) in [5, 5.41) is 0. The highest BCUT2D eigenvalue weighted by atomic mass is 31.1. The van der Waals surface area contributed by atoms with Gasteiger partial charge >= 0.3 is 0 Å². The Morgan fingerprint density at radius 3 is 2.19 bits per heavy atom. The summed E-state index contributed by atoms with van der Waals surface area (Å²) in [4.78, 5) is 4.79. The molecule has 1 heterocycles. The van der Waals surface area contributed by atoms with Crippen molar-refractivity contribution < 1.29 is 9.26 Å². The molecule has 0 radical (unpaired) electrons. The van der Waals surface area contributed by atoms with Gasteiger partial charge in [-0.2, -0.15) is 0 Å². The summed E-state index contributed by atoms with van der Waals surface area (Å²) >= 11 is 0. The van der Waals surface area contributed by atoms with Crippen LogP contribution in [0.2, 0.25) is 0 Å².